The van der Waals surface area contributed by atoms with Crippen molar-refractivity contribution in [2.75, 3.05) is 18.5 Å². The number of hydrogen-bond donors (Lipinski definition) is 3. The number of amides is 1. The molecular weight excluding hydrogens is 342 g/mol. The molecule has 0 aliphatic heterocycles. The number of sulfonamides is 1. The van der Waals surface area contributed by atoms with Crippen molar-refractivity contribution in [3.05, 3.63) is 59.7 Å². The molecule has 0 aliphatic rings. The average Bonchev–Trinajstić information content (AvgIpc) is 2.55. The summed E-state index contributed by atoms with van der Waals surface area (Å²) >= 11 is 0. The smallest absolute Gasteiger partial charge is 0.255 e. The second kappa shape index (κ2) is 7.47. The molecule has 1 amide bonds. The van der Waals surface area contributed by atoms with Crippen molar-refractivity contribution < 1.29 is 27.1 Å². The van der Waals surface area contributed by atoms with Gasteiger partial charge in [0, 0.05) is 12.1 Å². The van der Waals surface area contributed by atoms with Crippen molar-refractivity contribution in [1.82, 2.24) is 4.72 Å². The van der Waals surface area contributed by atoms with E-state index in [9.17, 15) is 22.0 Å². The number of rotatable bonds is 6. The molecule has 0 saturated heterocycles. The number of benzene rings is 2. The Balaban J connectivity index is 2.18. The van der Waals surface area contributed by atoms with E-state index in [1.165, 1.54) is 12.1 Å². The maximum Gasteiger partial charge on any atom is 0.255 e. The van der Waals surface area contributed by atoms with Crippen molar-refractivity contribution in [2.24, 2.45) is 0 Å². The summed E-state index contributed by atoms with van der Waals surface area (Å²) in [5.41, 5.74) is -0.0949. The Labute approximate surface area is 137 Å². The van der Waals surface area contributed by atoms with Gasteiger partial charge in [-0.05, 0) is 42.5 Å². The number of aliphatic hydroxyl groups is 1. The largest absolute Gasteiger partial charge is 0.395 e. The van der Waals surface area contributed by atoms with Crippen molar-refractivity contribution >= 4 is 21.6 Å². The Hall–Kier alpha value is -2.36. The second-order valence-electron chi connectivity index (χ2n) is 4.72. The summed E-state index contributed by atoms with van der Waals surface area (Å²) in [6, 6.07) is 7.62. The average molecular weight is 356 g/mol. The van der Waals surface area contributed by atoms with Crippen LogP contribution in [0.1, 0.15) is 10.4 Å². The minimum Gasteiger partial charge on any atom is -0.395 e. The summed E-state index contributed by atoms with van der Waals surface area (Å²) < 4.78 is 52.6. The zero-order valence-electron chi connectivity index (χ0n) is 12.3. The van der Waals surface area contributed by atoms with Gasteiger partial charge in [-0.1, -0.05) is 0 Å². The first kappa shape index (κ1) is 18.0. The molecule has 0 saturated carbocycles. The van der Waals surface area contributed by atoms with Crippen LogP contribution < -0.4 is 10.0 Å². The molecule has 0 spiro atoms. The van der Waals surface area contributed by atoms with E-state index in [1.807, 2.05) is 0 Å². The lowest BCUT2D eigenvalue weighted by Crippen LogP contribution is -2.26. The van der Waals surface area contributed by atoms with E-state index in [2.05, 4.69) is 10.0 Å². The predicted molar refractivity (Wildman–Crippen MR) is 83.0 cm³/mol. The van der Waals surface area contributed by atoms with Crippen LogP contribution in [-0.4, -0.2) is 32.6 Å². The number of carbonyl (C=O) groups is 1. The Bertz CT molecular complexity index is 839. The molecule has 24 heavy (non-hydrogen) atoms. The molecule has 0 atom stereocenters. The normalized spacial score (nSPS) is 11.3. The van der Waals surface area contributed by atoms with Crippen LogP contribution in [0.25, 0.3) is 0 Å². The first-order valence-electron chi connectivity index (χ1n) is 6.80. The first-order chi connectivity index (χ1) is 11.3. The van der Waals surface area contributed by atoms with Crippen LogP contribution >= 0.6 is 0 Å². The van der Waals surface area contributed by atoms with Gasteiger partial charge in [-0.25, -0.2) is 21.9 Å². The Morgan fingerprint density at radius 2 is 1.75 bits per heavy atom. The summed E-state index contributed by atoms with van der Waals surface area (Å²) in [6.45, 7) is -0.597. The van der Waals surface area contributed by atoms with Gasteiger partial charge in [0.1, 0.15) is 11.6 Å². The van der Waals surface area contributed by atoms with Crippen LogP contribution in [0.3, 0.4) is 0 Å². The van der Waals surface area contributed by atoms with E-state index in [4.69, 9.17) is 5.11 Å². The molecule has 0 radical (unpaired) electrons. The van der Waals surface area contributed by atoms with Crippen LogP contribution in [0.4, 0.5) is 14.5 Å². The number of nitrogens with one attached hydrogen (secondary N) is 2. The third-order valence-electron chi connectivity index (χ3n) is 3.01. The second-order valence-corrected chi connectivity index (χ2v) is 6.49. The maximum atomic E-state index is 14.0. The summed E-state index contributed by atoms with van der Waals surface area (Å²) in [5, 5.41) is 10.9. The summed E-state index contributed by atoms with van der Waals surface area (Å²) in [7, 11) is -3.95. The Kier molecular flexibility index (Phi) is 5.60. The zero-order valence-corrected chi connectivity index (χ0v) is 13.1. The van der Waals surface area contributed by atoms with Gasteiger partial charge in [0.2, 0.25) is 10.0 Å². The molecule has 0 fully saturated rings. The van der Waals surface area contributed by atoms with E-state index in [-0.39, 0.29) is 22.7 Å². The quantitative estimate of drug-likeness (QED) is 0.731. The topological polar surface area (TPSA) is 95.5 Å². The van der Waals surface area contributed by atoms with E-state index in [0.29, 0.717) is 0 Å². The Morgan fingerprint density at radius 1 is 1.08 bits per heavy atom. The lowest BCUT2D eigenvalue weighted by atomic mass is 10.2. The fraction of sp³-hybridized carbons (Fsp3) is 0.133. The lowest BCUT2D eigenvalue weighted by Gasteiger charge is -2.09. The van der Waals surface area contributed by atoms with E-state index < -0.39 is 34.2 Å². The molecule has 3 N–H and O–H groups in total. The predicted octanol–water partition coefficient (Wildman–Crippen LogP) is 1.49. The minimum atomic E-state index is -3.95. The van der Waals surface area contributed by atoms with Gasteiger partial charge < -0.3 is 10.4 Å². The van der Waals surface area contributed by atoms with Crippen LogP contribution in [0, 0.1) is 11.6 Å². The molecule has 0 unspecified atom stereocenters. The van der Waals surface area contributed by atoms with E-state index >= 15 is 0 Å². The zero-order chi connectivity index (χ0) is 17.7. The van der Waals surface area contributed by atoms with Gasteiger partial charge >= 0.3 is 0 Å². The number of halogens is 2. The van der Waals surface area contributed by atoms with Crippen molar-refractivity contribution in [3.63, 3.8) is 0 Å². The Morgan fingerprint density at radius 3 is 2.33 bits per heavy atom. The standard InChI is InChI=1S/C15H14F2N2O4S/c16-11-3-1-10(2-4-11)15(21)19-14-6-5-12(9-13(14)17)24(22,23)18-7-8-20/h1-6,9,18,20H,7-8H2,(H,19,21). The van der Waals surface area contributed by atoms with Crippen LogP contribution in [0.15, 0.2) is 47.4 Å². The number of anilines is 1. The van der Waals surface area contributed by atoms with E-state index in [1.54, 1.807) is 0 Å². The van der Waals surface area contributed by atoms with Gasteiger partial charge in [0.15, 0.2) is 0 Å². The fourth-order valence-electron chi connectivity index (χ4n) is 1.82. The minimum absolute atomic E-state index is 0.122. The van der Waals surface area contributed by atoms with Crippen LogP contribution in [-0.2, 0) is 10.0 Å². The molecular formula is C15H14F2N2O4S. The number of aliphatic hydroxyl groups excluding tert-OH is 1. The van der Waals surface area contributed by atoms with Gasteiger partial charge in [0.05, 0.1) is 17.2 Å². The summed E-state index contributed by atoms with van der Waals surface area (Å²) in [5.74, 6) is -2.12. The van der Waals surface area contributed by atoms with Crippen LogP contribution in [0.5, 0.6) is 0 Å². The molecule has 2 aromatic rings. The third-order valence-corrected chi connectivity index (χ3v) is 4.47. The molecule has 0 aliphatic carbocycles. The molecule has 0 bridgehead atoms. The molecule has 2 rings (SSSR count). The highest BCUT2D eigenvalue weighted by molar-refractivity contribution is 7.89. The maximum absolute atomic E-state index is 14.0. The molecule has 6 nitrogen and oxygen atoms in total. The highest BCUT2D eigenvalue weighted by atomic mass is 32.2. The fourth-order valence-corrected chi connectivity index (χ4v) is 2.86. The van der Waals surface area contributed by atoms with Gasteiger partial charge in [-0.3, -0.25) is 4.79 Å². The number of hydrogen-bond acceptors (Lipinski definition) is 4. The van der Waals surface area contributed by atoms with E-state index in [0.717, 1.165) is 30.3 Å². The first-order valence-corrected chi connectivity index (χ1v) is 8.29. The molecule has 2 aromatic carbocycles. The lowest BCUT2D eigenvalue weighted by molar-refractivity contribution is 0.102. The molecule has 0 heterocycles. The van der Waals surface area contributed by atoms with Gasteiger partial charge in [0.25, 0.3) is 5.91 Å². The number of carbonyl (C=O) groups excluding carboxylic acids is 1. The summed E-state index contributed by atoms with van der Waals surface area (Å²) in [4.78, 5) is 11.6. The SMILES string of the molecule is O=C(Nc1ccc(S(=O)(=O)NCCO)cc1F)c1ccc(F)cc1. The molecule has 128 valence electrons. The summed E-state index contributed by atoms with van der Waals surface area (Å²) in [6.07, 6.45) is 0. The van der Waals surface area contributed by atoms with Crippen molar-refractivity contribution in [2.45, 2.75) is 4.90 Å². The highest BCUT2D eigenvalue weighted by Gasteiger charge is 2.17. The third kappa shape index (κ3) is 4.34. The molecule has 0 aromatic heterocycles. The highest BCUT2D eigenvalue weighted by Crippen LogP contribution is 2.19. The molecule has 9 heteroatoms. The van der Waals surface area contributed by atoms with Crippen molar-refractivity contribution in [3.8, 4) is 0 Å². The van der Waals surface area contributed by atoms with Gasteiger partial charge in [-0.15, -0.1) is 0 Å². The van der Waals surface area contributed by atoms with Gasteiger partial charge in [-0.2, -0.15) is 0 Å². The van der Waals surface area contributed by atoms with Crippen LogP contribution in [0.2, 0.25) is 0 Å². The van der Waals surface area contributed by atoms with Crippen molar-refractivity contribution in [1.29, 1.82) is 0 Å². The monoisotopic (exact) mass is 356 g/mol.